The van der Waals surface area contributed by atoms with Crippen LogP contribution in [0.25, 0.3) is 0 Å². The molecule has 1 amide bonds. The minimum Gasteiger partial charge on any atom is -0.454 e. The van der Waals surface area contributed by atoms with E-state index in [2.05, 4.69) is 10.3 Å². The van der Waals surface area contributed by atoms with Crippen LogP contribution in [0.4, 0.5) is 5.69 Å². The summed E-state index contributed by atoms with van der Waals surface area (Å²) in [6, 6.07) is 10.7. The quantitative estimate of drug-likeness (QED) is 0.451. The zero-order valence-electron chi connectivity index (χ0n) is 18.7. The van der Waals surface area contributed by atoms with E-state index >= 15 is 0 Å². The Morgan fingerprint density at radius 3 is 2.65 bits per heavy atom. The number of nitro groups is 1. The van der Waals surface area contributed by atoms with Crippen LogP contribution in [-0.4, -0.2) is 26.7 Å². The van der Waals surface area contributed by atoms with Crippen LogP contribution >= 0.6 is 0 Å². The number of carbonyl (C=O) groups is 2. The topological polar surface area (TPSA) is 132 Å². The zero-order valence-corrected chi connectivity index (χ0v) is 18.7. The molecule has 34 heavy (non-hydrogen) atoms. The molecule has 9 nitrogen and oxygen atoms in total. The molecule has 0 spiro atoms. The number of hydrogen-bond donors (Lipinski definition) is 2. The Kier molecular flexibility index (Phi) is 4.60. The van der Waals surface area contributed by atoms with E-state index in [0.29, 0.717) is 5.56 Å². The number of aryl methyl sites for hydroxylation is 1. The fourth-order valence-electron chi connectivity index (χ4n) is 4.79. The van der Waals surface area contributed by atoms with Crippen LogP contribution in [0, 0.1) is 17.0 Å². The Morgan fingerprint density at radius 1 is 1.21 bits per heavy atom. The molecule has 1 aliphatic heterocycles. The van der Waals surface area contributed by atoms with Crippen molar-refractivity contribution >= 4 is 17.4 Å². The highest BCUT2D eigenvalue weighted by molar-refractivity contribution is 6.15. The van der Waals surface area contributed by atoms with Crippen LogP contribution in [0.2, 0.25) is 0 Å². The fourth-order valence-corrected chi connectivity index (χ4v) is 4.79. The van der Waals surface area contributed by atoms with E-state index in [-0.39, 0.29) is 33.9 Å². The molecular formula is C25H21N3O6. The Morgan fingerprint density at radius 2 is 1.97 bits per heavy atom. The van der Waals surface area contributed by atoms with E-state index in [9.17, 15) is 24.8 Å². The lowest BCUT2D eigenvalue weighted by Gasteiger charge is -2.34. The van der Waals surface area contributed by atoms with Crippen molar-refractivity contribution in [1.29, 1.82) is 0 Å². The van der Waals surface area contributed by atoms with Crippen molar-refractivity contribution in [2.45, 2.75) is 38.0 Å². The van der Waals surface area contributed by atoms with Gasteiger partial charge in [0.15, 0.2) is 0 Å². The van der Waals surface area contributed by atoms with Gasteiger partial charge in [0.2, 0.25) is 11.3 Å². The second kappa shape index (κ2) is 7.19. The number of nitro benzene ring substituents is 1. The van der Waals surface area contributed by atoms with Gasteiger partial charge >= 0.3 is 0 Å². The number of benzene rings is 2. The minimum atomic E-state index is -2.38. The van der Waals surface area contributed by atoms with E-state index < -0.39 is 33.6 Å². The third kappa shape index (κ3) is 2.67. The number of fused-ring (bicyclic) bond motifs is 5. The smallest absolute Gasteiger partial charge is 0.280 e. The number of ether oxygens (including phenoxy) is 1. The molecule has 1 aliphatic carbocycles. The number of nitrogens with zero attached hydrogens (tertiary/aromatic N) is 2. The van der Waals surface area contributed by atoms with Gasteiger partial charge in [-0.05, 0) is 36.1 Å². The van der Waals surface area contributed by atoms with Gasteiger partial charge in [-0.2, -0.15) is 0 Å². The average Bonchev–Trinajstić information content (AvgIpc) is 3.16. The molecule has 0 saturated heterocycles. The molecule has 0 fully saturated rings. The molecule has 0 bridgehead atoms. The maximum Gasteiger partial charge on any atom is 0.280 e. The highest BCUT2D eigenvalue weighted by Crippen LogP contribution is 2.59. The number of aliphatic hydroxyl groups is 1. The third-order valence-electron chi connectivity index (χ3n) is 6.60. The van der Waals surface area contributed by atoms with Gasteiger partial charge in [0, 0.05) is 29.6 Å². The van der Waals surface area contributed by atoms with Crippen LogP contribution in [0.15, 0.2) is 54.9 Å². The summed E-state index contributed by atoms with van der Waals surface area (Å²) in [5, 5.41) is 26.3. The molecule has 0 radical (unpaired) electrons. The van der Waals surface area contributed by atoms with Crippen LogP contribution in [0.5, 0.6) is 5.75 Å². The Labute approximate surface area is 194 Å². The summed E-state index contributed by atoms with van der Waals surface area (Å²) >= 11 is 0. The van der Waals surface area contributed by atoms with Gasteiger partial charge in [-0.1, -0.05) is 38.1 Å². The molecule has 1 aromatic heterocycles. The van der Waals surface area contributed by atoms with Crippen molar-refractivity contribution < 1.29 is 24.4 Å². The first kappa shape index (κ1) is 21.7. The second-order valence-electron chi connectivity index (χ2n) is 8.84. The summed E-state index contributed by atoms with van der Waals surface area (Å²) in [5.41, 5.74) is -1.02. The van der Waals surface area contributed by atoms with Gasteiger partial charge in [0.1, 0.15) is 11.3 Å². The van der Waals surface area contributed by atoms with Crippen molar-refractivity contribution in [2.75, 3.05) is 0 Å². The predicted octanol–water partition coefficient (Wildman–Crippen LogP) is 3.48. The molecular weight excluding hydrogens is 438 g/mol. The summed E-state index contributed by atoms with van der Waals surface area (Å²) < 4.78 is 5.99. The lowest BCUT2D eigenvalue weighted by Crippen LogP contribution is -2.60. The summed E-state index contributed by atoms with van der Waals surface area (Å²) in [6.45, 7) is 5.68. The van der Waals surface area contributed by atoms with Gasteiger partial charge in [-0.3, -0.25) is 24.7 Å². The van der Waals surface area contributed by atoms with Crippen molar-refractivity contribution in [2.24, 2.45) is 0 Å². The molecule has 5 rings (SSSR count). The van der Waals surface area contributed by atoms with Gasteiger partial charge in [-0.15, -0.1) is 0 Å². The highest BCUT2D eigenvalue weighted by atomic mass is 16.6. The lowest BCUT2D eigenvalue weighted by atomic mass is 9.82. The number of carbonyl (C=O) groups excluding carboxylic acids is 2. The number of ketones is 1. The highest BCUT2D eigenvalue weighted by Gasteiger charge is 2.73. The largest absolute Gasteiger partial charge is 0.454 e. The molecule has 2 heterocycles. The minimum absolute atomic E-state index is 0.0720. The number of Topliss-reactive ketones (excluding diaryl/α,β-unsaturated/α-hetero) is 1. The second-order valence-corrected chi connectivity index (χ2v) is 8.84. The van der Waals surface area contributed by atoms with E-state index in [1.807, 2.05) is 13.8 Å². The number of nitrogens with one attached hydrogen (secondary N) is 1. The molecule has 2 N–H and O–H groups in total. The molecule has 9 heteroatoms. The molecule has 2 aromatic carbocycles. The van der Waals surface area contributed by atoms with E-state index in [0.717, 1.165) is 5.56 Å². The molecule has 2 unspecified atom stereocenters. The number of pyridine rings is 1. The van der Waals surface area contributed by atoms with Crippen LogP contribution in [-0.2, 0) is 11.3 Å². The van der Waals surface area contributed by atoms with Crippen molar-refractivity contribution in [3.63, 3.8) is 0 Å². The Hall–Kier alpha value is -4.11. The molecule has 0 saturated carbocycles. The van der Waals surface area contributed by atoms with E-state index in [1.54, 1.807) is 31.2 Å². The van der Waals surface area contributed by atoms with Crippen LogP contribution < -0.4 is 10.1 Å². The number of rotatable bonds is 4. The van der Waals surface area contributed by atoms with Crippen molar-refractivity contribution in [3.05, 3.63) is 98.4 Å². The van der Waals surface area contributed by atoms with Crippen LogP contribution in [0.3, 0.4) is 0 Å². The van der Waals surface area contributed by atoms with Crippen molar-refractivity contribution in [3.8, 4) is 5.75 Å². The van der Waals surface area contributed by atoms with Gasteiger partial charge in [-0.25, -0.2) is 0 Å². The normalized spacial score (nSPS) is 22.1. The Bertz CT molecular complexity index is 1400. The lowest BCUT2D eigenvalue weighted by molar-refractivity contribution is -0.385. The molecule has 3 aromatic rings. The van der Waals surface area contributed by atoms with Crippen molar-refractivity contribution in [1.82, 2.24) is 10.3 Å². The van der Waals surface area contributed by atoms with Crippen LogP contribution in [0.1, 0.15) is 62.7 Å². The monoisotopic (exact) mass is 459 g/mol. The number of hydrogen-bond acceptors (Lipinski definition) is 7. The average molecular weight is 459 g/mol. The SMILES string of the molecule is Cc1ccncc1C(=O)NC12C(=O)c3c([N+](=O)[O-])cccc3C1(O)Oc1cc(C(C)C)ccc12. The standard InChI is InChI=1S/C25H21N3O6/c1-13(2)15-7-8-17-20(11-15)34-25(31)18-5-4-6-19(28(32)33)21(18)22(29)24(17,25)27-23(30)16-12-26-10-9-14(16)3/h4-13,31H,1-3H3,(H,27,30). The summed E-state index contributed by atoms with van der Waals surface area (Å²) in [5.74, 6) is -3.51. The maximum atomic E-state index is 14.0. The molecule has 2 atom stereocenters. The van der Waals surface area contributed by atoms with E-state index in [1.165, 1.54) is 30.6 Å². The fraction of sp³-hybridized carbons (Fsp3) is 0.240. The Balaban J connectivity index is 1.77. The third-order valence-corrected chi connectivity index (χ3v) is 6.60. The maximum absolute atomic E-state index is 14.0. The number of aromatic nitrogens is 1. The molecule has 172 valence electrons. The summed E-state index contributed by atoms with van der Waals surface area (Å²) in [7, 11) is 0. The molecule has 2 aliphatic rings. The first-order valence-electron chi connectivity index (χ1n) is 10.7. The van der Waals surface area contributed by atoms with E-state index in [4.69, 9.17) is 4.74 Å². The predicted molar refractivity (Wildman–Crippen MR) is 121 cm³/mol. The zero-order chi connectivity index (χ0) is 24.4. The number of amides is 1. The summed E-state index contributed by atoms with van der Waals surface area (Å²) in [6.07, 6.45) is 2.88. The first-order chi connectivity index (χ1) is 16.1. The van der Waals surface area contributed by atoms with Gasteiger partial charge < -0.3 is 15.2 Å². The van der Waals surface area contributed by atoms with Gasteiger partial charge in [0.25, 0.3) is 17.4 Å². The summed E-state index contributed by atoms with van der Waals surface area (Å²) in [4.78, 5) is 42.4. The van der Waals surface area contributed by atoms with Gasteiger partial charge in [0.05, 0.1) is 10.5 Å². The first-order valence-corrected chi connectivity index (χ1v) is 10.7.